The number of rotatable bonds is 22. The first kappa shape index (κ1) is 33.6. The number of carbonyl (C=O) groups is 1. The van der Waals surface area contributed by atoms with Gasteiger partial charge in [0.2, 0.25) is 5.91 Å². The zero-order valence-corrected chi connectivity index (χ0v) is 22.7. The normalized spacial score (nSPS) is 14.7. The van der Waals surface area contributed by atoms with Gasteiger partial charge < -0.3 is 15.5 Å². The molecule has 202 valence electrons. The van der Waals surface area contributed by atoms with Gasteiger partial charge in [0.1, 0.15) is 0 Å². The van der Waals surface area contributed by atoms with E-state index >= 15 is 0 Å². The fourth-order valence-corrected chi connectivity index (χ4v) is 3.23. The van der Waals surface area contributed by atoms with Crippen molar-refractivity contribution in [1.82, 2.24) is 5.32 Å². The Kier molecular flexibility index (Phi) is 25.3. The molecule has 2 atom stereocenters. The fraction of sp³-hybridized carbons (Fsp3) is 0.531. The Morgan fingerprint density at radius 1 is 0.694 bits per heavy atom. The first-order valence-corrected chi connectivity index (χ1v) is 13.8. The van der Waals surface area contributed by atoms with Gasteiger partial charge in [0.25, 0.3) is 0 Å². The molecule has 2 unspecified atom stereocenters. The minimum absolute atomic E-state index is 0.142. The lowest BCUT2D eigenvalue weighted by molar-refractivity contribution is -0.122. The van der Waals surface area contributed by atoms with E-state index in [4.69, 9.17) is 0 Å². The van der Waals surface area contributed by atoms with Crippen LogP contribution in [0.2, 0.25) is 0 Å². The van der Waals surface area contributed by atoms with Crippen LogP contribution in [0.3, 0.4) is 0 Å². The number of aliphatic hydroxyl groups is 2. The minimum Gasteiger partial charge on any atom is -0.394 e. The molecule has 0 spiro atoms. The van der Waals surface area contributed by atoms with Gasteiger partial charge in [-0.05, 0) is 64.2 Å². The zero-order chi connectivity index (χ0) is 26.5. The number of unbranched alkanes of at least 4 members (excludes halogenated alkanes) is 3. The van der Waals surface area contributed by atoms with E-state index in [0.717, 1.165) is 70.6 Å². The van der Waals surface area contributed by atoms with Crippen LogP contribution in [0.1, 0.15) is 90.9 Å². The second kappa shape index (κ2) is 27.2. The summed E-state index contributed by atoms with van der Waals surface area (Å²) in [6.07, 6.45) is 39.5. The van der Waals surface area contributed by atoms with Gasteiger partial charge in [-0.3, -0.25) is 4.79 Å². The maximum absolute atomic E-state index is 12.1. The maximum Gasteiger partial charge on any atom is 0.220 e. The number of aliphatic hydroxyl groups excluding tert-OH is 2. The first-order chi connectivity index (χ1) is 17.7. The lowest BCUT2D eigenvalue weighted by Gasteiger charge is -2.19. The van der Waals surface area contributed by atoms with Crippen molar-refractivity contribution in [3.63, 3.8) is 0 Å². The third-order valence-corrected chi connectivity index (χ3v) is 5.34. The van der Waals surface area contributed by atoms with Gasteiger partial charge in [0, 0.05) is 6.42 Å². The summed E-state index contributed by atoms with van der Waals surface area (Å²) in [6, 6.07) is -0.668. The highest BCUT2D eigenvalue weighted by atomic mass is 16.3. The topological polar surface area (TPSA) is 69.6 Å². The second-order valence-electron chi connectivity index (χ2n) is 8.71. The van der Waals surface area contributed by atoms with Gasteiger partial charge in [0.05, 0.1) is 18.8 Å². The number of carbonyl (C=O) groups excluding carboxylic acids is 1. The van der Waals surface area contributed by atoms with E-state index < -0.39 is 12.1 Å². The molecule has 4 nitrogen and oxygen atoms in total. The summed E-state index contributed by atoms with van der Waals surface area (Å²) in [6.45, 7) is 4.00. The van der Waals surface area contributed by atoms with E-state index in [1.807, 2.05) is 6.08 Å². The summed E-state index contributed by atoms with van der Waals surface area (Å²) in [5.41, 5.74) is 0. The van der Waals surface area contributed by atoms with E-state index in [2.05, 4.69) is 92.1 Å². The van der Waals surface area contributed by atoms with Crippen LogP contribution in [0.25, 0.3) is 0 Å². The predicted octanol–water partition coefficient (Wildman–Crippen LogP) is 7.44. The van der Waals surface area contributed by atoms with Gasteiger partial charge >= 0.3 is 0 Å². The molecule has 0 heterocycles. The zero-order valence-electron chi connectivity index (χ0n) is 22.7. The van der Waals surface area contributed by atoms with Crippen LogP contribution in [0.5, 0.6) is 0 Å². The highest BCUT2D eigenvalue weighted by Gasteiger charge is 2.17. The lowest BCUT2D eigenvalue weighted by atomic mass is 10.1. The monoisotopic (exact) mass is 497 g/mol. The number of hydrogen-bond donors (Lipinski definition) is 3. The number of hydrogen-bond acceptors (Lipinski definition) is 3. The summed E-state index contributed by atoms with van der Waals surface area (Å²) >= 11 is 0. The van der Waals surface area contributed by atoms with Crippen LogP contribution in [-0.2, 0) is 4.79 Å². The van der Waals surface area contributed by atoms with Crippen molar-refractivity contribution in [1.29, 1.82) is 0 Å². The average Bonchev–Trinajstić information content (AvgIpc) is 2.88. The fourth-order valence-electron chi connectivity index (χ4n) is 3.23. The van der Waals surface area contributed by atoms with Crippen molar-refractivity contribution in [2.75, 3.05) is 6.61 Å². The highest BCUT2D eigenvalue weighted by molar-refractivity contribution is 5.76. The Morgan fingerprint density at radius 2 is 1.19 bits per heavy atom. The van der Waals surface area contributed by atoms with Crippen molar-refractivity contribution in [3.05, 3.63) is 85.1 Å². The molecule has 0 aliphatic rings. The summed E-state index contributed by atoms with van der Waals surface area (Å²) in [5.74, 6) is -0.142. The molecule has 0 aliphatic heterocycles. The first-order valence-electron chi connectivity index (χ1n) is 13.8. The standard InChI is InChI=1S/C32H51NO3/c1-3-5-7-9-11-12-13-14-15-16-17-18-19-20-22-24-26-28-32(36)33-30(29-34)31(35)27-25-23-21-10-8-6-4-2/h5,7-8,10-12,14-15,17-18,20,22,25,27,30-31,34-35H,3-4,6,9,13,16,19,21,23-24,26,28-29H2,1-2H3,(H,33,36)/b7-5-,10-8+,12-11-,15-14-,18-17-,22-20-,27-25+. The van der Waals surface area contributed by atoms with Crippen LogP contribution in [0.4, 0.5) is 0 Å². The molecule has 0 bridgehead atoms. The Hall–Kier alpha value is -2.43. The third-order valence-electron chi connectivity index (χ3n) is 5.34. The van der Waals surface area contributed by atoms with Gasteiger partial charge in [-0.25, -0.2) is 0 Å². The molecule has 0 aromatic heterocycles. The van der Waals surface area contributed by atoms with Crippen molar-refractivity contribution >= 4 is 5.91 Å². The predicted molar refractivity (Wildman–Crippen MR) is 156 cm³/mol. The van der Waals surface area contributed by atoms with Gasteiger partial charge in [-0.1, -0.05) is 105 Å². The van der Waals surface area contributed by atoms with Crippen LogP contribution in [0, 0.1) is 0 Å². The van der Waals surface area contributed by atoms with Crippen molar-refractivity contribution in [2.45, 2.75) is 103 Å². The molecule has 0 rings (SSSR count). The molecule has 0 saturated heterocycles. The largest absolute Gasteiger partial charge is 0.394 e. The van der Waals surface area contributed by atoms with E-state index in [0.29, 0.717) is 6.42 Å². The molecular formula is C32H51NO3. The Labute approximate surface area is 221 Å². The molecule has 0 fully saturated rings. The van der Waals surface area contributed by atoms with Crippen LogP contribution >= 0.6 is 0 Å². The van der Waals surface area contributed by atoms with Gasteiger partial charge in [-0.2, -0.15) is 0 Å². The van der Waals surface area contributed by atoms with Crippen molar-refractivity contribution < 1.29 is 15.0 Å². The summed E-state index contributed by atoms with van der Waals surface area (Å²) in [7, 11) is 0. The lowest BCUT2D eigenvalue weighted by Crippen LogP contribution is -2.45. The Balaban J connectivity index is 3.90. The molecular weight excluding hydrogens is 446 g/mol. The van der Waals surface area contributed by atoms with Crippen molar-refractivity contribution in [2.24, 2.45) is 0 Å². The van der Waals surface area contributed by atoms with E-state index in [-0.39, 0.29) is 12.5 Å². The van der Waals surface area contributed by atoms with Gasteiger partial charge in [0.15, 0.2) is 0 Å². The molecule has 0 aromatic rings. The van der Waals surface area contributed by atoms with Crippen LogP contribution in [0.15, 0.2) is 85.1 Å². The number of allylic oxidation sites excluding steroid dienone is 13. The molecule has 0 aromatic carbocycles. The van der Waals surface area contributed by atoms with Crippen LogP contribution < -0.4 is 5.32 Å². The van der Waals surface area contributed by atoms with Gasteiger partial charge in [-0.15, -0.1) is 0 Å². The number of nitrogens with one attached hydrogen (secondary N) is 1. The quantitative estimate of drug-likeness (QED) is 0.108. The molecule has 1 amide bonds. The van der Waals surface area contributed by atoms with E-state index in [9.17, 15) is 15.0 Å². The van der Waals surface area contributed by atoms with Crippen molar-refractivity contribution in [3.8, 4) is 0 Å². The van der Waals surface area contributed by atoms with Crippen LogP contribution in [-0.4, -0.2) is 34.9 Å². The minimum atomic E-state index is -0.885. The Bertz CT molecular complexity index is 713. The summed E-state index contributed by atoms with van der Waals surface area (Å²) in [4.78, 5) is 12.1. The summed E-state index contributed by atoms with van der Waals surface area (Å²) < 4.78 is 0. The van der Waals surface area contributed by atoms with E-state index in [1.54, 1.807) is 6.08 Å². The maximum atomic E-state index is 12.1. The molecule has 0 radical (unpaired) electrons. The summed E-state index contributed by atoms with van der Waals surface area (Å²) in [5, 5.41) is 22.5. The smallest absolute Gasteiger partial charge is 0.220 e. The Morgan fingerprint density at radius 3 is 1.75 bits per heavy atom. The highest BCUT2D eigenvalue weighted by Crippen LogP contribution is 2.03. The number of amides is 1. The third kappa shape index (κ3) is 23.3. The second-order valence-corrected chi connectivity index (χ2v) is 8.71. The molecule has 0 saturated carbocycles. The SMILES string of the molecule is CC/C=C\C/C=C\C/C=C\C/C=C\C/C=C\CCCC(=O)NC(CO)C(O)/C=C/CC/C=C/CCC. The molecule has 3 N–H and O–H groups in total. The average molecular weight is 498 g/mol. The molecule has 4 heteroatoms. The molecule has 0 aliphatic carbocycles. The van der Waals surface area contributed by atoms with E-state index in [1.165, 1.54) is 0 Å². The molecule has 36 heavy (non-hydrogen) atoms.